The van der Waals surface area contributed by atoms with Crippen molar-refractivity contribution in [3.63, 3.8) is 0 Å². The predicted octanol–water partition coefficient (Wildman–Crippen LogP) is 4.18. The van der Waals surface area contributed by atoms with Crippen molar-refractivity contribution in [3.05, 3.63) is 83.2 Å². The average Bonchev–Trinajstić information content (AvgIpc) is 3.66. The number of rotatable bonds is 8. The summed E-state index contributed by atoms with van der Waals surface area (Å²) in [5.41, 5.74) is 1.93. The summed E-state index contributed by atoms with van der Waals surface area (Å²) in [5.74, 6) is -0.614. The summed E-state index contributed by atoms with van der Waals surface area (Å²) < 4.78 is 0. The molecular weight excluding hydrogens is 510 g/mol. The van der Waals surface area contributed by atoms with Crippen molar-refractivity contribution in [1.29, 1.82) is 0 Å². The van der Waals surface area contributed by atoms with Gasteiger partial charge in [-0.05, 0) is 42.0 Å². The molecule has 0 bridgehead atoms. The van der Waals surface area contributed by atoms with Gasteiger partial charge in [0.2, 0.25) is 11.8 Å². The van der Waals surface area contributed by atoms with Gasteiger partial charge < -0.3 is 15.1 Å². The highest BCUT2D eigenvalue weighted by atomic mass is 32.1. The number of hydrogen-bond acceptors (Lipinski definition) is 5. The fourth-order valence-electron chi connectivity index (χ4n) is 5.60. The minimum absolute atomic E-state index is 0.0173. The van der Waals surface area contributed by atoms with Crippen LogP contribution in [0.2, 0.25) is 0 Å². The first kappa shape index (κ1) is 26.8. The van der Waals surface area contributed by atoms with Crippen LogP contribution in [-0.4, -0.2) is 64.5 Å². The second-order valence-electron chi connectivity index (χ2n) is 10.7. The maximum Gasteiger partial charge on any atom is 0.262 e. The van der Waals surface area contributed by atoms with Crippen molar-refractivity contribution >= 4 is 34.8 Å². The number of amides is 3. The normalized spacial score (nSPS) is 19.3. The van der Waals surface area contributed by atoms with Gasteiger partial charge in [0.1, 0.15) is 12.1 Å². The monoisotopic (exact) mass is 543 g/mol. The lowest BCUT2D eigenvalue weighted by Crippen LogP contribution is -2.52. The van der Waals surface area contributed by atoms with Crippen molar-refractivity contribution in [3.8, 4) is 10.4 Å². The number of nitrogens with one attached hydrogen (secondary N) is 1. The maximum atomic E-state index is 13.8. The molecule has 1 N–H and O–H groups in total. The number of benzene rings is 2. The van der Waals surface area contributed by atoms with Gasteiger partial charge in [-0.25, -0.2) is 0 Å². The van der Waals surface area contributed by atoms with Crippen LogP contribution in [0.1, 0.15) is 41.9 Å². The van der Waals surface area contributed by atoms with Crippen molar-refractivity contribution in [2.75, 3.05) is 13.1 Å². The molecule has 2 aliphatic rings. The second-order valence-corrected chi connectivity index (χ2v) is 11.8. The smallest absolute Gasteiger partial charge is 0.262 e. The third-order valence-corrected chi connectivity index (χ3v) is 8.56. The number of fused-ring (bicyclic) bond motifs is 1. The lowest BCUT2D eigenvalue weighted by atomic mass is 10.0. The Hall–Kier alpha value is -3.78. The highest BCUT2D eigenvalue weighted by Crippen LogP contribution is 2.32. The lowest BCUT2D eigenvalue weighted by molar-refractivity contribution is -0.138. The van der Waals surface area contributed by atoms with Gasteiger partial charge in [0.25, 0.3) is 5.91 Å². The van der Waals surface area contributed by atoms with Gasteiger partial charge in [-0.15, -0.1) is 11.3 Å². The number of ketones is 1. The Kier molecular flexibility index (Phi) is 7.93. The predicted molar refractivity (Wildman–Crippen MR) is 151 cm³/mol. The van der Waals surface area contributed by atoms with E-state index < -0.39 is 12.1 Å². The Bertz CT molecular complexity index is 1350. The van der Waals surface area contributed by atoms with E-state index in [1.54, 1.807) is 15.9 Å². The van der Waals surface area contributed by atoms with Crippen LogP contribution < -0.4 is 5.32 Å². The quantitative estimate of drug-likeness (QED) is 0.462. The van der Waals surface area contributed by atoms with Crippen LogP contribution >= 0.6 is 11.3 Å². The van der Waals surface area contributed by atoms with Crippen molar-refractivity contribution < 1.29 is 19.2 Å². The van der Waals surface area contributed by atoms with Crippen LogP contribution in [0.3, 0.4) is 0 Å². The largest absolute Gasteiger partial charge is 0.340 e. The standard InChI is InChI=1S/C31H33N3O4S/c1-20(2)17-23(32-30(37)27-14-13-26(39-27)22-11-7-4-8-12-22)31(38)33-16-15-24-29(33)25(35)19-34(24)28(36)18-21-9-5-3-6-10-21/h3-14,20,23-24,29H,15-19H2,1-2H3,(H,32,37). The van der Waals surface area contributed by atoms with Gasteiger partial charge in [-0.1, -0.05) is 74.5 Å². The van der Waals surface area contributed by atoms with E-state index in [-0.39, 0.29) is 48.4 Å². The highest BCUT2D eigenvalue weighted by molar-refractivity contribution is 7.17. The Morgan fingerprint density at radius 1 is 0.949 bits per heavy atom. The summed E-state index contributed by atoms with van der Waals surface area (Å²) in [4.78, 5) is 57.9. The molecule has 3 unspecified atom stereocenters. The van der Waals surface area contributed by atoms with Crippen LogP contribution in [0.15, 0.2) is 72.8 Å². The number of nitrogens with zero attached hydrogens (tertiary/aromatic N) is 2. The summed E-state index contributed by atoms with van der Waals surface area (Å²) in [5, 5.41) is 2.96. The first-order valence-electron chi connectivity index (χ1n) is 13.4. The third kappa shape index (κ3) is 5.81. The van der Waals surface area contributed by atoms with E-state index in [0.29, 0.717) is 24.3 Å². The molecule has 3 aromatic rings. The molecule has 8 heteroatoms. The fraction of sp³-hybridized carbons (Fsp3) is 0.355. The molecule has 0 spiro atoms. The van der Waals surface area contributed by atoms with Gasteiger partial charge in [-0.2, -0.15) is 0 Å². The topological polar surface area (TPSA) is 86.8 Å². The molecule has 39 heavy (non-hydrogen) atoms. The van der Waals surface area contributed by atoms with Crippen molar-refractivity contribution in [2.24, 2.45) is 5.92 Å². The molecule has 7 nitrogen and oxygen atoms in total. The molecule has 0 radical (unpaired) electrons. The SMILES string of the molecule is CC(C)CC(NC(=O)c1ccc(-c2ccccc2)s1)C(=O)N1CCC2C1C(=O)CN2C(=O)Cc1ccccc1. The van der Waals surface area contributed by atoms with Crippen LogP contribution in [0.4, 0.5) is 0 Å². The van der Waals surface area contributed by atoms with Crippen LogP contribution in [-0.2, 0) is 20.8 Å². The van der Waals surface area contributed by atoms with E-state index in [4.69, 9.17) is 0 Å². The zero-order valence-electron chi connectivity index (χ0n) is 22.2. The molecule has 2 aromatic carbocycles. The number of carbonyl (C=O) groups excluding carboxylic acids is 4. The lowest BCUT2D eigenvalue weighted by Gasteiger charge is -2.29. The summed E-state index contributed by atoms with van der Waals surface area (Å²) in [6.45, 7) is 4.41. The first-order chi connectivity index (χ1) is 18.8. The second kappa shape index (κ2) is 11.5. The van der Waals surface area contributed by atoms with Gasteiger partial charge in [-0.3, -0.25) is 19.2 Å². The molecule has 5 rings (SSSR count). The molecule has 3 atom stereocenters. The molecule has 202 valence electrons. The number of likely N-dealkylation sites (tertiary alicyclic amines) is 2. The van der Waals surface area contributed by atoms with E-state index in [0.717, 1.165) is 16.0 Å². The van der Waals surface area contributed by atoms with E-state index in [1.165, 1.54) is 11.3 Å². The Morgan fingerprint density at radius 2 is 1.64 bits per heavy atom. The molecule has 3 heterocycles. The molecular formula is C31H33N3O4S. The van der Waals surface area contributed by atoms with Crippen LogP contribution in [0.25, 0.3) is 10.4 Å². The molecule has 0 saturated carbocycles. The zero-order chi connectivity index (χ0) is 27.5. The molecule has 3 amide bonds. The molecule has 2 aliphatic heterocycles. The van der Waals surface area contributed by atoms with Gasteiger partial charge in [0.15, 0.2) is 5.78 Å². The van der Waals surface area contributed by atoms with Crippen LogP contribution in [0.5, 0.6) is 0 Å². The highest BCUT2D eigenvalue weighted by Gasteiger charge is 2.52. The van der Waals surface area contributed by atoms with Gasteiger partial charge in [0.05, 0.1) is 23.9 Å². The fourth-order valence-corrected chi connectivity index (χ4v) is 6.52. The number of Topliss-reactive ketones (excluding diaryl/α,β-unsaturated/α-hetero) is 1. The minimum atomic E-state index is -0.750. The molecule has 2 fully saturated rings. The van der Waals surface area contributed by atoms with Gasteiger partial charge in [0, 0.05) is 11.4 Å². The van der Waals surface area contributed by atoms with Crippen molar-refractivity contribution in [2.45, 2.75) is 51.2 Å². The molecule has 1 aromatic heterocycles. The van der Waals surface area contributed by atoms with Crippen LogP contribution in [0, 0.1) is 5.92 Å². The maximum absolute atomic E-state index is 13.8. The summed E-state index contributed by atoms with van der Waals surface area (Å²) in [7, 11) is 0. The molecule has 2 saturated heterocycles. The van der Waals surface area contributed by atoms with Gasteiger partial charge >= 0.3 is 0 Å². The average molecular weight is 544 g/mol. The third-order valence-electron chi connectivity index (χ3n) is 7.42. The Balaban J connectivity index is 1.28. The van der Waals surface area contributed by atoms with Crippen molar-refractivity contribution in [1.82, 2.24) is 15.1 Å². The first-order valence-corrected chi connectivity index (χ1v) is 14.3. The number of hydrogen-bond donors (Lipinski definition) is 1. The van der Waals surface area contributed by atoms with E-state index in [2.05, 4.69) is 5.32 Å². The van der Waals surface area contributed by atoms with E-state index in [1.807, 2.05) is 80.6 Å². The Morgan fingerprint density at radius 3 is 2.33 bits per heavy atom. The van der Waals surface area contributed by atoms with E-state index in [9.17, 15) is 19.2 Å². The zero-order valence-corrected chi connectivity index (χ0v) is 23.0. The summed E-state index contributed by atoms with van der Waals surface area (Å²) in [6, 6.07) is 21.3. The summed E-state index contributed by atoms with van der Waals surface area (Å²) >= 11 is 1.38. The molecule has 0 aliphatic carbocycles. The minimum Gasteiger partial charge on any atom is -0.340 e. The number of thiophene rings is 1. The Labute approximate surface area is 232 Å². The van der Waals surface area contributed by atoms with E-state index >= 15 is 0 Å². The number of carbonyl (C=O) groups is 4. The summed E-state index contributed by atoms with van der Waals surface area (Å²) in [6.07, 6.45) is 1.24.